The molecular formula is C12H21N3. The van der Waals surface area contributed by atoms with Gasteiger partial charge in [-0.05, 0) is 25.2 Å². The quantitative estimate of drug-likeness (QED) is 0.824. The summed E-state index contributed by atoms with van der Waals surface area (Å²) in [4.78, 5) is 4.42. The van der Waals surface area contributed by atoms with Crippen molar-refractivity contribution < 1.29 is 0 Å². The Bertz CT molecular complexity index is 300. The normalized spacial score (nSPS) is 19.6. The maximum atomic E-state index is 6.29. The molecule has 1 aliphatic rings. The van der Waals surface area contributed by atoms with Crippen molar-refractivity contribution in [1.29, 1.82) is 0 Å². The standard InChI is InChI=1S/C12H21N3/c1-2-8-15-9-7-14-12(15)11(13)10-5-3-4-6-10/h7,9-11H,2-6,8,13H2,1H3. The number of hydrogen-bond acceptors (Lipinski definition) is 2. The highest BCUT2D eigenvalue weighted by Gasteiger charge is 2.25. The minimum Gasteiger partial charge on any atom is -0.334 e. The van der Waals surface area contributed by atoms with Gasteiger partial charge in [0.05, 0.1) is 6.04 Å². The first-order valence-corrected chi connectivity index (χ1v) is 6.09. The number of rotatable bonds is 4. The zero-order valence-corrected chi connectivity index (χ0v) is 9.52. The summed E-state index contributed by atoms with van der Waals surface area (Å²) < 4.78 is 2.21. The molecule has 2 N–H and O–H groups in total. The van der Waals surface area contributed by atoms with Gasteiger partial charge in [-0.2, -0.15) is 0 Å². The maximum absolute atomic E-state index is 6.29. The Kier molecular flexibility index (Phi) is 3.41. The Hall–Kier alpha value is -0.830. The SMILES string of the molecule is CCCn1ccnc1C(N)C1CCCC1. The summed E-state index contributed by atoms with van der Waals surface area (Å²) in [5.74, 6) is 1.74. The van der Waals surface area contributed by atoms with Crippen molar-refractivity contribution in [1.82, 2.24) is 9.55 Å². The summed E-state index contributed by atoms with van der Waals surface area (Å²) >= 11 is 0. The number of nitrogens with zero attached hydrogens (tertiary/aromatic N) is 2. The predicted octanol–water partition coefficient (Wildman–Crippen LogP) is 2.48. The zero-order valence-electron chi connectivity index (χ0n) is 9.52. The van der Waals surface area contributed by atoms with Crippen LogP contribution in [0.4, 0.5) is 0 Å². The summed E-state index contributed by atoms with van der Waals surface area (Å²) in [6.45, 7) is 3.22. The molecule has 1 aromatic rings. The average Bonchev–Trinajstić information content (AvgIpc) is 2.87. The van der Waals surface area contributed by atoms with E-state index in [2.05, 4.69) is 16.5 Å². The lowest BCUT2D eigenvalue weighted by Gasteiger charge is -2.19. The van der Waals surface area contributed by atoms with E-state index in [1.807, 2.05) is 12.4 Å². The summed E-state index contributed by atoms with van der Waals surface area (Å²) in [5.41, 5.74) is 6.29. The fourth-order valence-electron chi connectivity index (χ4n) is 2.58. The molecule has 15 heavy (non-hydrogen) atoms. The second-order valence-electron chi connectivity index (χ2n) is 4.55. The minimum absolute atomic E-state index is 0.147. The van der Waals surface area contributed by atoms with Crippen molar-refractivity contribution in [2.75, 3.05) is 0 Å². The van der Waals surface area contributed by atoms with Crippen LogP contribution in [0.3, 0.4) is 0 Å². The van der Waals surface area contributed by atoms with Gasteiger partial charge >= 0.3 is 0 Å². The van der Waals surface area contributed by atoms with Crippen molar-refractivity contribution in [3.63, 3.8) is 0 Å². The van der Waals surface area contributed by atoms with Gasteiger partial charge in [-0.25, -0.2) is 4.98 Å². The third-order valence-electron chi connectivity index (χ3n) is 3.42. The lowest BCUT2D eigenvalue weighted by Crippen LogP contribution is -2.23. The first kappa shape index (κ1) is 10.7. The van der Waals surface area contributed by atoms with Crippen molar-refractivity contribution in [3.8, 4) is 0 Å². The monoisotopic (exact) mass is 207 g/mol. The maximum Gasteiger partial charge on any atom is 0.125 e. The van der Waals surface area contributed by atoms with Gasteiger partial charge in [0.25, 0.3) is 0 Å². The van der Waals surface area contributed by atoms with E-state index in [1.165, 1.54) is 25.7 Å². The van der Waals surface area contributed by atoms with Crippen LogP contribution >= 0.6 is 0 Å². The van der Waals surface area contributed by atoms with E-state index in [1.54, 1.807) is 0 Å². The molecule has 0 saturated heterocycles. The van der Waals surface area contributed by atoms with Gasteiger partial charge in [0.15, 0.2) is 0 Å². The number of hydrogen-bond donors (Lipinski definition) is 1. The van der Waals surface area contributed by atoms with E-state index in [4.69, 9.17) is 5.73 Å². The highest BCUT2D eigenvalue weighted by Crippen LogP contribution is 2.33. The smallest absolute Gasteiger partial charge is 0.125 e. The Morgan fingerprint density at radius 2 is 2.27 bits per heavy atom. The minimum atomic E-state index is 0.147. The van der Waals surface area contributed by atoms with E-state index >= 15 is 0 Å². The molecule has 0 radical (unpaired) electrons. The summed E-state index contributed by atoms with van der Waals surface area (Å²) in [6.07, 6.45) is 10.3. The predicted molar refractivity (Wildman–Crippen MR) is 61.4 cm³/mol. The van der Waals surface area contributed by atoms with Crippen LogP contribution in [-0.2, 0) is 6.54 Å². The molecule has 1 heterocycles. The molecule has 0 aromatic carbocycles. The van der Waals surface area contributed by atoms with Gasteiger partial charge in [-0.15, -0.1) is 0 Å². The number of imidazole rings is 1. The number of aromatic nitrogens is 2. The van der Waals surface area contributed by atoms with Gasteiger partial charge < -0.3 is 10.3 Å². The molecule has 1 atom stereocenters. The molecule has 0 aliphatic heterocycles. The molecule has 0 amide bonds. The molecule has 0 bridgehead atoms. The van der Waals surface area contributed by atoms with Gasteiger partial charge in [0, 0.05) is 18.9 Å². The summed E-state index contributed by atoms with van der Waals surface area (Å²) in [5, 5.41) is 0. The third-order valence-corrected chi connectivity index (χ3v) is 3.42. The van der Waals surface area contributed by atoms with Crippen molar-refractivity contribution in [2.45, 2.75) is 51.6 Å². The Morgan fingerprint density at radius 1 is 1.53 bits per heavy atom. The van der Waals surface area contributed by atoms with Crippen LogP contribution in [0.5, 0.6) is 0 Å². The largest absolute Gasteiger partial charge is 0.334 e. The van der Waals surface area contributed by atoms with Crippen LogP contribution in [0.25, 0.3) is 0 Å². The Labute approximate surface area is 91.7 Å². The van der Waals surface area contributed by atoms with Crippen LogP contribution < -0.4 is 5.73 Å². The molecule has 1 aromatic heterocycles. The van der Waals surface area contributed by atoms with Gasteiger partial charge in [-0.3, -0.25) is 0 Å². The van der Waals surface area contributed by atoms with Crippen molar-refractivity contribution in [2.24, 2.45) is 11.7 Å². The highest BCUT2D eigenvalue weighted by molar-refractivity contribution is 5.01. The van der Waals surface area contributed by atoms with Crippen LogP contribution in [0, 0.1) is 5.92 Å². The second-order valence-corrected chi connectivity index (χ2v) is 4.55. The average molecular weight is 207 g/mol. The third kappa shape index (κ3) is 2.23. The fraction of sp³-hybridized carbons (Fsp3) is 0.750. The van der Waals surface area contributed by atoms with E-state index in [0.29, 0.717) is 5.92 Å². The molecule has 3 nitrogen and oxygen atoms in total. The topological polar surface area (TPSA) is 43.8 Å². The van der Waals surface area contributed by atoms with Crippen LogP contribution in [-0.4, -0.2) is 9.55 Å². The van der Waals surface area contributed by atoms with Crippen molar-refractivity contribution in [3.05, 3.63) is 18.2 Å². The van der Waals surface area contributed by atoms with E-state index < -0.39 is 0 Å². The lowest BCUT2D eigenvalue weighted by atomic mass is 9.98. The fourth-order valence-corrected chi connectivity index (χ4v) is 2.58. The molecule has 1 fully saturated rings. The van der Waals surface area contributed by atoms with E-state index in [-0.39, 0.29) is 6.04 Å². The number of nitrogens with two attached hydrogens (primary N) is 1. The Morgan fingerprint density at radius 3 is 2.93 bits per heavy atom. The summed E-state index contributed by atoms with van der Waals surface area (Å²) in [7, 11) is 0. The van der Waals surface area contributed by atoms with Gasteiger partial charge in [0.2, 0.25) is 0 Å². The lowest BCUT2D eigenvalue weighted by molar-refractivity contribution is 0.411. The molecular weight excluding hydrogens is 186 g/mol. The molecule has 84 valence electrons. The molecule has 0 spiro atoms. The molecule has 1 unspecified atom stereocenters. The molecule has 1 aliphatic carbocycles. The van der Waals surface area contributed by atoms with Gasteiger partial charge in [0.1, 0.15) is 5.82 Å². The van der Waals surface area contributed by atoms with Crippen LogP contribution in [0.2, 0.25) is 0 Å². The first-order chi connectivity index (χ1) is 7.33. The van der Waals surface area contributed by atoms with Crippen molar-refractivity contribution >= 4 is 0 Å². The van der Waals surface area contributed by atoms with E-state index in [0.717, 1.165) is 18.8 Å². The van der Waals surface area contributed by atoms with Gasteiger partial charge in [-0.1, -0.05) is 19.8 Å². The molecule has 1 saturated carbocycles. The molecule has 2 rings (SSSR count). The van der Waals surface area contributed by atoms with Crippen LogP contribution in [0.1, 0.15) is 50.9 Å². The first-order valence-electron chi connectivity index (χ1n) is 6.09. The second kappa shape index (κ2) is 4.79. The molecule has 3 heteroatoms. The van der Waals surface area contributed by atoms with E-state index in [9.17, 15) is 0 Å². The Balaban J connectivity index is 2.09. The highest BCUT2D eigenvalue weighted by atomic mass is 15.1. The number of aryl methyl sites for hydroxylation is 1. The zero-order chi connectivity index (χ0) is 10.7. The summed E-state index contributed by atoms with van der Waals surface area (Å²) in [6, 6.07) is 0.147. The van der Waals surface area contributed by atoms with Crippen LogP contribution in [0.15, 0.2) is 12.4 Å².